The summed E-state index contributed by atoms with van der Waals surface area (Å²) < 4.78 is 0. The van der Waals surface area contributed by atoms with Crippen LogP contribution in [0.15, 0.2) is 0 Å². The molecular formula is H4KOPTi. The van der Waals surface area contributed by atoms with Crippen molar-refractivity contribution in [1.82, 2.24) is 0 Å². The van der Waals surface area contributed by atoms with E-state index in [1.165, 1.54) is 9.47 Å². The number of hydrogen-bond donors (Lipinski definition) is 1. The van der Waals surface area contributed by atoms with Gasteiger partial charge in [0, 0.05) is 21.7 Å². The van der Waals surface area contributed by atoms with Crippen LogP contribution in [0.25, 0.3) is 0 Å². The molecule has 0 saturated heterocycles. The molecule has 0 saturated carbocycles. The van der Waals surface area contributed by atoms with Crippen molar-refractivity contribution in [2.75, 3.05) is 0 Å². The summed E-state index contributed by atoms with van der Waals surface area (Å²) in [5, 5.41) is 0. The summed E-state index contributed by atoms with van der Waals surface area (Å²) in [6.07, 6.45) is 0. The quantitative estimate of drug-likeness (QED) is 0.340. The van der Waals surface area contributed by atoms with Gasteiger partial charge in [0.1, 0.15) is 0 Å². The van der Waals surface area contributed by atoms with Gasteiger partial charge >= 0.3 is 51.4 Å². The Morgan fingerprint density at radius 2 is 1.25 bits per heavy atom. The molecule has 4 heteroatoms. The minimum absolute atomic E-state index is 0. The molecule has 0 heterocycles. The molecule has 0 aromatic heterocycles. The average Bonchev–Trinajstić information content (AvgIpc) is 1.00. The van der Waals surface area contributed by atoms with Crippen LogP contribution < -0.4 is 0 Å². The first-order valence-corrected chi connectivity index (χ1v) is 0.775. The minimum atomic E-state index is 0. The first-order chi connectivity index (χ1) is 1.00. The molecule has 0 aromatic carbocycles. The van der Waals surface area contributed by atoms with E-state index in [9.17, 15) is 0 Å². The van der Waals surface area contributed by atoms with Crippen LogP contribution >= 0.6 is 9.47 Å². The van der Waals surface area contributed by atoms with Crippen molar-refractivity contribution in [3.63, 3.8) is 0 Å². The summed E-state index contributed by atoms with van der Waals surface area (Å²) in [4.78, 5) is 6.92. The second-order valence-corrected chi connectivity index (χ2v) is 0. The van der Waals surface area contributed by atoms with Crippen LogP contribution in [0, 0.1) is 0 Å². The van der Waals surface area contributed by atoms with E-state index >= 15 is 0 Å². The summed E-state index contributed by atoms with van der Waals surface area (Å²) in [5.74, 6) is 0. The fourth-order valence-corrected chi connectivity index (χ4v) is 0. The third-order valence-corrected chi connectivity index (χ3v) is 0. The van der Waals surface area contributed by atoms with Crippen LogP contribution in [0.3, 0.4) is 0 Å². The molecule has 0 aliphatic heterocycles. The Balaban J connectivity index is -0.00000000500. The van der Waals surface area contributed by atoms with Gasteiger partial charge < -0.3 is 4.89 Å². The fraction of sp³-hybridized carbons (Fsp3) is 0. The van der Waals surface area contributed by atoms with Crippen LogP contribution in [0.2, 0.25) is 0 Å². The second kappa shape index (κ2) is 17.2. The molecular weight excluding hydrogens is 134 g/mol. The van der Waals surface area contributed by atoms with Gasteiger partial charge in [0.2, 0.25) is 0 Å². The van der Waals surface area contributed by atoms with Crippen LogP contribution in [-0.2, 0) is 21.7 Å². The molecule has 1 nitrogen and oxygen atoms in total. The maximum Gasteiger partial charge on any atom is 0 e. The maximum absolute atomic E-state index is 6.92. The molecule has 1 unspecified atom stereocenters. The zero-order valence-electron chi connectivity index (χ0n) is 1.52. The largest absolute Gasteiger partial charge is 0 e. The topological polar surface area (TPSA) is 20.2 Å². The second-order valence-electron chi connectivity index (χ2n) is 0. The minimum Gasteiger partial charge on any atom is 0 e. The third kappa shape index (κ3) is 8.83. The monoisotopic (exact) mass is 138 g/mol. The van der Waals surface area contributed by atoms with E-state index in [-0.39, 0.29) is 73.1 Å². The normalized spacial score (nSPS) is 1.50. The van der Waals surface area contributed by atoms with Crippen molar-refractivity contribution in [3.8, 4) is 0 Å². The summed E-state index contributed by atoms with van der Waals surface area (Å²) in [6, 6.07) is 0. The molecule has 4 heavy (non-hydrogen) atoms. The molecule has 0 bridgehead atoms. The predicted octanol–water partition coefficient (Wildman–Crippen LogP) is -0.882. The molecule has 1 N–H and O–H groups in total. The molecule has 20 valence electrons. The van der Waals surface area contributed by atoms with Crippen molar-refractivity contribution < 1.29 is 26.6 Å². The number of rotatable bonds is 0. The van der Waals surface area contributed by atoms with Crippen molar-refractivity contribution in [2.24, 2.45) is 0 Å². The first kappa shape index (κ1) is 15.9. The Kier molecular flexibility index (Phi) is 68.2. The molecule has 0 aliphatic carbocycles. The van der Waals surface area contributed by atoms with Crippen LogP contribution in [0.1, 0.15) is 0 Å². The van der Waals surface area contributed by atoms with E-state index in [1.54, 1.807) is 0 Å². The molecule has 0 spiro atoms. The third-order valence-electron chi connectivity index (χ3n) is 0. The first-order valence-electron chi connectivity index (χ1n) is 0.258. The average molecular weight is 138 g/mol. The van der Waals surface area contributed by atoms with E-state index < -0.39 is 0 Å². The van der Waals surface area contributed by atoms with E-state index in [1.807, 2.05) is 0 Å². The van der Waals surface area contributed by atoms with Gasteiger partial charge in [-0.25, -0.2) is 0 Å². The standard InChI is InChI=1S/K.H3OP.Ti.H/c;1-2;;/h;1H,2H2;;. The van der Waals surface area contributed by atoms with Gasteiger partial charge in [-0.1, -0.05) is 0 Å². The Labute approximate surface area is 85.5 Å². The van der Waals surface area contributed by atoms with Gasteiger partial charge in [-0.05, 0) is 9.47 Å². The molecule has 0 aromatic rings. The Morgan fingerprint density at radius 3 is 1.25 bits per heavy atom. The molecule has 0 amide bonds. The molecule has 1 atom stereocenters. The van der Waals surface area contributed by atoms with Crippen LogP contribution in [-0.4, -0.2) is 56.3 Å². The van der Waals surface area contributed by atoms with E-state index in [4.69, 9.17) is 4.89 Å². The van der Waals surface area contributed by atoms with Gasteiger partial charge in [0.25, 0.3) is 0 Å². The van der Waals surface area contributed by atoms with E-state index in [0.29, 0.717) is 0 Å². The van der Waals surface area contributed by atoms with Crippen molar-refractivity contribution >= 4 is 60.9 Å². The van der Waals surface area contributed by atoms with Crippen LogP contribution in [0.5, 0.6) is 0 Å². The Morgan fingerprint density at radius 1 is 1.25 bits per heavy atom. The van der Waals surface area contributed by atoms with E-state index in [0.717, 1.165) is 0 Å². The molecule has 0 fully saturated rings. The Bertz CT molecular complexity index is 8.00. The van der Waals surface area contributed by atoms with Gasteiger partial charge in [0.15, 0.2) is 0 Å². The molecule has 0 aliphatic rings. The van der Waals surface area contributed by atoms with Crippen molar-refractivity contribution in [1.29, 1.82) is 0 Å². The maximum atomic E-state index is 6.92. The summed E-state index contributed by atoms with van der Waals surface area (Å²) in [7, 11) is 1.42. The van der Waals surface area contributed by atoms with Crippen molar-refractivity contribution in [2.45, 2.75) is 0 Å². The van der Waals surface area contributed by atoms with Gasteiger partial charge in [-0.15, -0.1) is 0 Å². The zero-order chi connectivity index (χ0) is 2.00. The van der Waals surface area contributed by atoms with Gasteiger partial charge in [-0.2, -0.15) is 0 Å². The summed E-state index contributed by atoms with van der Waals surface area (Å²) in [5.41, 5.74) is 0. The molecule has 0 rings (SSSR count). The number of hydrogen-bond acceptors (Lipinski definition) is 1. The fourth-order valence-electron chi connectivity index (χ4n) is 0. The SMILES string of the molecule is OP.[KH].[Ti]. The summed E-state index contributed by atoms with van der Waals surface area (Å²) >= 11 is 0. The Hall–Kier alpha value is 2.74. The smallest absolute Gasteiger partial charge is 0 e. The summed E-state index contributed by atoms with van der Waals surface area (Å²) in [6.45, 7) is 0. The molecule has 0 radical (unpaired) electrons. The van der Waals surface area contributed by atoms with Gasteiger partial charge in [-0.3, -0.25) is 0 Å². The van der Waals surface area contributed by atoms with Crippen molar-refractivity contribution in [3.05, 3.63) is 0 Å². The zero-order valence-corrected chi connectivity index (χ0v) is 4.24. The van der Waals surface area contributed by atoms with Crippen LogP contribution in [0.4, 0.5) is 0 Å². The predicted molar refractivity (Wildman–Crippen MR) is 19.1 cm³/mol. The van der Waals surface area contributed by atoms with E-state index in [2.05, 4.69) is 0 Å². The van der Waals surface area contributed by atoms with Gasteiger partial charge in [0.05, 0.1) is 0 Å².